The van der Waals surface area contributed by atoms with E-state index in [1.54, 1.807) is 24.5 Å². The van der Waals surface area contributed by atoms with Crippen LogP contribution in [0.3, 0.4) is 0 Å². The van der Waals surface area contributed by atoms with Crippen LogP contribution in [-0.2, 0) is 6.54 Å². The number of aromatic nitrogens is 2. The van der Waals surface area contributed by atoms with E-state index in [2.05, 4.69) is 15.3 Å². The van der Waals surface area contributed by atoms with Crippen LogP contribution in [0.4, 0.5) is 5.69 Å². The molecule has 102 valence electrons. The Labute approximate surface area is 129 Å². The van der Waals surface area contributed by atoms with Crippen LogP contribution in [0, 0.1) is 0 Å². The average Bonchev–Trinajstić information content (AvgIpc) is 2.87. The minimum absolute atomic E-state index is 0.0839. The highest BCUT2D eigenvalue weighted by molar-refractivity contribution is 7.15. The van der Waals surface area contributed by atoms with Gasteiger partial charge in [-0.1, -0.05) is 23.2 Å². The quantitative estimate of drug-likeness (QED) is 0.704. The number of rotatable bonds is 3. The highest BCUT2D eigenvalue weighted by Gasteiger charge is 2.11. The van der Waals surface area contributed by atoms with Gasteiger partial charge in [-0.25, -0.2) is 4.98 Å². The zero-order chi connectivity index (χ0) is 14.1. The normalized spacial score (nSPS) is 10.9. The first kappa shape index (κ1) is 13.4. The number of hydrogen-bond donors (Lipinski definition) is 2. The van der Waals surface area contributed by atoms with E-state index in [0.717, 1.165) is 10.3 Å². The molecule has 0 saturated carbocycles. The first-order valence-electron chi connectivity index (χ1n) is 5.75. The maximum atomic E-state index is 10.2. The van der Waals surface area contributed by atoms with Gasteiger partial charge in [-0.3, -0.25) is 4.98 Å². The Balaban J connectivity index is 1.93. The summed E-state index contributed by atoms with van der Waals surface area (Å²) in [5, 5.41) is 14.6. The zero-order valence-electron chi connectivity index (χ0n) is 10.1. The standard InChI is InChI=1S/C13H9Cl2N3OS/c14-9-4-10(17-5-7-6-18-13(15)20-7)12(19)11-8(9)2-1-3-16-11/h1-4,6,17,19H,5H2. The van der Waals surface area contributed by atoms with E-state index in [1.165, 1.54) is 11.3 Å². The van der Waals surface area contributed by atoms with Crippen molar-refractivity contribution in [3.63, 3.8) is 0 Å². The van der Waals surface area contributed by atoms with Crippen LogP contribution in [0.15, 0.2) is 30.6 Å². The molecule has 0 amide bonds. The number of halogens is 2. The van der Waals surface area contributed by atoms with E-state index < -0.39 is 0 Å². The second kappa shape index (κ2) is 5.44. The summed E-state index contributed by atoms with van der Waals surface area (Å²) in [5.41, 5.74) is 1.01. The number of benzene rings is 1. The minimum Gasteiger partial charge on any atom is -0.504 e. The van der Waals surface area contributed by atoms with Crippen LogP contribution >= 0.6 is 34.5 Å². The molecule has 0 aliphatic heterocycles. The van der Waals surface area contributed by atoms with Crippen molar-refractivity contribution >= 4 is 51.1 Å². The van der Waals surface area contributed by atoms with Gasteiger partial charge in [0.25, 0.3) is 0 Å². The van der Waals surface area contributed by atoms with Crippen LogP contribution in [0.1, 0.15) is 4.88 Å². The van der Waals surface area contributed by atoms with Crippen molar-refractivity contribution in [3.8, 4) is 5.75 Å². The van der Waals surface area contributed by atoms with Crippen molar-refractivity contribution in [2.45, 2.75) is 6.54 Å². The molecule has 0 radical (unpaired) electrons. The van der Waals surface area contributed by atoms with E-state index in [4.69, 9.17) is 23.2 Å². The number of nitrogens with zero attached hydrogens (tertiary/aromatic N) is 2. The van der Waals surface area contributed by atoms with Gasteiger partial charge in [-0.05, 0) is 18.2 Å². The van der Waals surface area contributed by atoms with Gasteiger partial charge in [-0.2, -0.15) is 0 Å². The molecule has 2 heterocycles. The van der Waals surface area contributed by atoms with E-state index in [1.807, 2.05) is 6.07 Å². The fraction of sp³-hybridized carbons (Fsp3) is 0.0769. The lowest BCUT2D eigenvalue weighted by Crippen LogP contribution is -1.98. The molecule has 0 aliphatic rings. The molecule has 3 rings (SSSR count). The largest absolute Gasteiger partial charge is 0.504 e. The molecule has 0 spiro atoms. The number of phenols is 1. The van der Waals surface area contributed by atoms with Crippen molar-refractivity contribution in [2.24, 2.45) is 0 Å². The third-order valence-electron chi connectivity index (χ3n) is 2.79. The Morgan fingerprint density at radius 2 is 2.15 bits per heavy atom. The lowest BCUT2D eigenvalue weighted by atomic mass is 10.1. The number of hydrogen-bond acceptors (Lipinski definition) is 5. The summed E-state index contributed by atoms with van der Waals surface area (Å²) < 4.78 is 0.490. The van der Waals surface area contributed by atoms with Crippen LogP contribution < -0.4 is 5.32 Å². The van der Waals surface area contributed by atoms with E-state index in [9.17, 15) is 5.11 Å². The first-order valence-corrected chi connectivity index (χ1v) is 7.32. The van der Waals surface area contributed by atoms with Gasteiger partial charge >= 0.3 is 0 Å². The molecule has 0 saturated heterocycles. The molecule has 0 aliphatic carbocycles. The maximum Gasteiger partial charge on any atom is 0.183 e. The number of pyridine rings is 1. The number of thiazole rings is 1. The molecular formula is C13H9Cl2N3OS. The number of aromatic hydroxyl groups is 1. The summed E-state index contributed by atoms with van der Waals surface area (Å²) in [6.45, 7) is 0.507. The van der Waals surface area contributed by atoms with Crippen LogP contribution in [0.5, 0.6) is 5.75 Å². The van der Waals surface area contributed by atoms with Gasteiger partial charge < -0.3 is 10.4 Å². The van der Waals surface area contributed by atoms with Gasteiger partial charge in [0.15, 0.2) is 10.2 Å². The lowest BCUT2D eigenvalue weighted by Gasteiger charge is -2.10. The molecule has 3 aromatic rings. The molecule has 0 bridgehead atoms. The topological polar surface area (TPSA) is 58.0 Å². The smallest absolute Gasteiger partial charge is 0.183 e. The molecule has 4 nitrogen and oxygen atoms in total. The van der Waals surface area contributed by atoms with Crippen LogP contribution in [-0.4, -0.2) is 15.1 Å². The zero-order valence-corrected chi connectivity index (χ0v) is 12.4. The predicted octanol–water partition coefficient (Wildman–Crippen LogP) is 4.32. The van der Waals surface area contributed by atoms with Gasteiger partial charge in [0, 0.05) is 22.7 Å². The average molecular weight is 326 g/mol. The lowest BCUT2D eigenvalue weighted by molar-refractivity contribution is 0.482. The SMILES string of the molecule is Oc1c(NCc2cnc(Cl)s2)cc(Cl)c2cccnc12. The predicted molar refractivity (Wildman–Crippen MR) is 82.9 cm³/mol. The number of nitrogens with one attached hydrogen (secondary N) is 1. The van der Waals surface area contributed by atoms with Crippen molar-refractivity contribution in [1.82, 2.24) is 9.97 Å². The Bertz CT molecular complexity index is 775. The maximum absolute atomic E-state index is 10.2. The molecule has 1 aromatic carbocycles. The fourth-order valence-electron chi connectivity index (χ4n) is 1.87. The summed E-state index contributed by atoms with van der Waals surface area (Å²) in [7, 11) is 0. The molecule has 20 heavy (non-hydrogen) atoms. The molecule has 2 N–H and O–H groups in total. The van der Waals surface area contributed by atoms with Crippen molar-refractivity contribution < 1.29 is 5.11 Å². The second-order valence-electron chi connectivity index (χ2n) is 4.09. The number of anilines is 1. The molecule has 7 heteroatoms. The highest BCUT2D eigenvalue weighted by atomic mass is 35.5. The van der Waals surface area contributed by atoms with Crippen LogP contribution in [0.25, 0.3) is 10.9 Å². The molecule has 0 atom stereocenters. The highest BCUT2D eigenvalue weighted by Crippen LogP contribution is 2.36. The van der Waals surface area contributed by atoms with Crippen molar-refractivity contribution in [2.75, 3.05) is 5.32 Å². The first-order chi connectivity index (χ1) is 9.65. The van der Waals surface area contributed by atoms with E-state index in [0.29, 0.717) is 27.2 Å². The Hall–Kier alpha value is -1.56. The number of phenolic OH excluding ortho intramolecular Hbond substituents is 1. The van der Waals surface area contributed by atoms with Gasteiger partial charge in [-0.15, -0.1) is 11.3 Å². The van der Waals surface area contributed by atoms with E-state index >= 15 is 0 Å². The third kappa shape index (κ3) is 2.52. The van der Waals surface area contributed by atoms with E-state index in [-0.39, 0.29) is 5.75 Å². The second-order valence-corrected chi connectivity index (χ2v) is 6.19. The summed E-state index contributed by atoms with van der Waals surface area (Å²) >= 11 is 13.4. The summed E-state index contributed by atoms with van der Waals surface area (Å²) in [6.07, 6.45) is 3.31. The summed E-state index contributed by atoms with van der Waals surface area (Å²) in [4.78, 5) is 9.08. The fourth-order valence-corrected chi connectivity index (χ4v) is 3.05. The minimum atomic E-state index is 0.0839. The molecular weight excluding hydrogens is 317 g/mol. The van der Waals surface area contributed by atoms with Gasteiger partial charge in [0.05, 0.1) is 17.3 Å². The van der Waals surface area contributed by atoms with Crippen molar-refractivity contribution in [3.05, 3.63) is 45.0 Å². The van der Waals surface area contributed by atoms with Crippen molar-refractivity contribution in [1.29, 1.82) is 0 Å². The van der Waals surface area contributed by atoms with Crippen LogP contribution in [0.2, 0.25) is 9.49 Å². The van der Waals surface area contributed by atoms with Gasteiger partial charge in [0.2, 0.25) is 0 Å². The number of fused-ring (bicyclic) bond motifs is 1. The summed E-state index contributed by atoms with van der Waals surface area (Å²) in [5.74, 6) is 0.0839. The molecule has 0 unspecified atom stereocenters. The monoisotopic (exact) mass is 325 g/mol. The Morgan fingerprint density at radius 1 is 1.30 bits per heavy atom. The third-order valence-corrected chi connectivity index (χ3v) is 4.22. The Morgan fingerprint density at radius 3 is 2.90 bits per heavy atom. The Kier molecular flexibility index (Phi) is 3.65. The van der Waals surface area contributed by atoms with Gasteiger partial charge in [0.1, 0.15) is 5.52 Å². The summed E-state index contributed by atoms with van der Waals surface area (Å²) in [6, 6.07) is 5.28. The molecule has 2 aromatic heterocycles. The molecule has 0 fully saturated rings.